The third-order valence-corrected chi connectivity index (χ3v) is 6.98. The number of rotatable bonds is 2. The van der Waals surface area contributed by atoms with E-state index in [1.165, 1.54) is 32.1 Å². The van der Waals surface area contributed by atoms with E-state index in [4.69, 9.17) is 13.0 Å². The molecule has 0 heterocycles. The van der Waals surface area contributed by atoms with Crippen molar-refractivity contribution in [2.45, 2.75) is 61.0 Å². The van der Waals surface area contributed by atoms with Crippen LogP contribution in [0.1, 0.15) is 44.9 Å². The number of thioether (sulfide) groups is 1. The lowest BCUT2D eigenvalue weighted by molar-refractivity contribution is -0.131. The predicted molar refractivity (Wildman–Crippen MR) is 82.1 cm³/mol. The van der Waals surface area contributed by atoms with Crippen molar-refractivity contribution in [2.24, 2.45) is 11.8 Å². The molecular formula is C14H19F3O5S2. The zero-order chi connectivity index (χ0) is 18.1. The molecule has 3 aliphatic carbocycles. The van der Waals surface area contributed by atoms with Crippen LogP contribution in [0, 0.1) is 11.8 Å². The number of alkyl halides is 3. The summed E-state index contributed by atoms with van der Waals surface area (Å²) < 4.78 is 57.5. The first-order valence-corrected chi connectivity index (χ1v) is 10.1. The van der Waals surface area contributed by atoms with Crippen LogP contribution in [0.15, 0.2) is 0 Å². The van der Waals surface area contributed by atoms with Gasteiger partial charge in [0.25, 0.3) is 0 Å². The Kier molecular flexibility index (Phi) is 6.02. The van der Waals surface area contributed by atoms with Crippen molar-refractivity contribution in [1.82, 2.24) is 0 Å². The average Bonchev–Trinajstić information content (AvgIpc) is 2.97. The third kappa shape index (κ3) is 4.51. The summed E-state index contributed by atoms with van der Waals surface area (Å²) in [5, 5.41) is 0.864. The van der Waals surface area contributed by atoms with Crippen LogP contribution in [0.25, 0.3) is 0 Å². The van der Waals surface area contributed by atoms with E-state index in [-0.39, 0.29) is 22.7 Å². The fourth-order valence-electron chi connectivity index (χ4n) is 3.44. The summed E-state index contributed by atoms with van der Waals surface area (Å²) in [5.41, 5.74) is -5.53. The van der Waals surface area contributed by atoms with Crippen molar-refractivity contribution < 1.29 is 35.7 Å². The van der Waals surface area contributed by atoms with Crippen LogP contribution in [0.5, 0.6) is 0 Å². The molecule has 0 aromatic heterocycles. The summed E-state index contributed by atoms with van der Waals surface area (Å²) in [4.78, 5) is 23.5. The Morgan fingerprint density at radius 2 is 1.62 bits per heavy atom. The molecule has 1 N–H and O–H groups in total. The number of hydrogen-bond acceptors (Lipinski definition) is 5. The van der Waals surface area contributed by atoms with Crippen LogP contribution in [0.2, 0.25) is 0 Å². The minimum Gasteiger partial charge on any atom is -0.299 e. The number of fused-ring (bicyclic) bond motifs is 2. The summed E-state index contributed by atoms with van der Waals surface area (Å²) in [6.45, 7) is 0. The molecule has 10 heteroatoms. The minimum absolute atomic E-state index is 0.172. The van der Waals surface area contributed by atoms with E-state index in [0.717, 1.165) is 6.42 Å². The van der Waals surface area contributed by atoms with Gasteiger partial charge in [-0.3, -0.25) is 14.1 Å². The molecule has 0 aromatic rings. The van der Waals surface area contributed by atoms with Crippen molar-refractivity contribution in [3.05, 3.63) is 0 Å². The molecule has 0 spiro atoms. The SMILES string of the molecule is O=C1CC2CC1C(=O)C2SC1CCCCC1.O=S(=O)(O)C(F)(F)F. The Morgan fingerprint density at radius 3 is 2.04 bits per heavy atom. The van der Waals surface area contributed by atoms with Gasteiger partial charge in [0.1, 0.15) is 5.78 Å². The molecule has 3 fully saturated rings. The Labute approximate surface area is 142 Å². The fraction of sp³-hybridized carbons (Fsp3) is 0.857. The summed E-state index contributed by atoms with van der Waals surface area (Å²) in [7, 11) is -5.84. The largest absolute Gasteiger partial charge is 0.522 e. The van der Waals surface area contributed by atoms with Crippen LogP contribution >= 0.6 is 11.8 Å². The van der Waals surface area contributed by atoms with Gasteiger partial charge in [0.05, 0.1) is 11.2 Å². The normalized spacial score (nSPS) is 31.1. The number of halogens is 3. The molecule has 0 amide bonds. The zero-order valence-electron chi connectivity index (χ0n) is 12.8. The Hall–Kier alpha value is -0.610. The molecular weight excluding hydrogens is 369 g/mol. The molecule has 0 aromatic carbocycles. The number of Topliss-reactive ketones (excluding diaryl/α,β-unsaturated/α-hetero) is 2. The molecule has 3 aliphatic rings. The van der Waals surface area contributed by atoms with E-state index in [2.05, 4.69) is 0 Å². The molecule has 0 saturated heterocycles. The van der Waals surface area contributed by atoms with Crippen LogP contribution in [0.4, 0.5) is 13.2 Å². The molecule has 0 aliphatic heterocycles. The van der Waals surface area contributed by atoms with Gasteiger partial charge in [-0.2, -0.15) is 21.6 Å². The Bertz CT molecular complexity index is 596. The first-order chi connectivity index (χ1) is 11.0. The van der Waals surface area contributed by atoms with Gasteiger partial charge < -0.3 is 0 Å². The van der Waals surface area contributed by atoms with Crippen LogP contribution in [-0.2, 0) is 19.7 Å². The number of carbonyl (C=O) groups excluding carboxylic acids is 2. The number of hydrogen-bond donors (Lipinski definition) is 1. The predicted octanol–water partition coefficient (Wildman–Crippen LogP) is 2.99. The highest BCUT2D eigenvalue weighted by atomic mass is 32.2. The average molecular weight is 388 g/mol. The Morgan fingerprint density at radius 1 is 1.08 bits per heavy atom. The van der Waals surface area contributed by atoms with Crippen molar-refractivity contribution in [3.8, 4) is 0 Å². The quantitative estimate of drug-likeness (QED) is 0.444. The molecule has 3 saturated carbocycles. The monoisotopic (exact) mass is 388 g/mol. The number of ketones is 2. The van der Waals surface area contributed by atoms with Gasteiger partial charge in [-0.05, 0) is 25.2 Å². The molecule has 3 unspecified atom stereocenters. The molecule has 24 heavy (non-hydrogen) atoms. The molecule has 3 rings (SSSR count). The standard InChI is InChI=1S/C13H18O2S.CHF3O3S/c14-11-7-8-6-10(11)12(15)13(8)16-9-4-2-1-3-5-9;2-1(3,4)8(5,6)7/h8-10,13H,1-7H2;(H,5,6,7). The van der Waals surface area contributed by atoms with E-state index in [9.17, 15) is 22.8 Å². The third-order valence-electron chi connectivity index (χ3n) is 4.63. The molecule has 2 bridgehead atoms. The van der Waals surface area contributed by atoms with E-state index in [1.54, 1.807) is 0 Å². The summed E-state index contributed by atoms with van der Waals surface area (Å²) >= 11 is 1.90. The molecule has 5 nitrogen and oxygen atoms in total. The van der Waals surface area contributed by atoms with Gasteiger partial charge in [-0.15, -0.1) is 11.8 Å². The van der Waals surface area contributed by atoms with Gasteiger partial charge in [0.2, 0.25) is 0 Å². The number of carbonyl (C=O) groups is 2. The first-order valence-electron chi connectivity index (χ1n) is 7.76. The maximum atomic E-state index is 12.0. The van der Waals surface area contributed by atoms with E-state index >= 15 is 0 Å². The van der Waals surface area contributed by atoms with Crippen LogP contribution in [0.3, 0.4) is 0 Å². The maximum absolute atomic E-state index is 12.0. The molecule has 3 atom stereocenters. The summed E-state index contributed by atoms with van der Waals surface area (Å²) in [6, 6.07) is 0. The van der Waals surface area contributed by atoms with Crippen LogP contribution in [-0.4, -0.2) is 40.5 Å². The summed E-state index contributed by atoms with van der Waals surface area (Å²) in [6.07, 6.45) is 8.11. The van der Waals surface area contributed by atoms with Gasteiger partial charge in [-0.25, -0.2) is 0 Å². The maximum Gasteiger partial charge on any atom is 0.522 e. The Balaban J connectivity index is 0.000000224. The highest BCUT2D eigenvalue weighted by molar-refractivity contribution is 8.01. The van der Waals surface area contributed by atoms with E-state index in [0.29, 0.717) is 17.6 Å². The van der Waals surface area contributed by atoms with Crippen LogP contribution < -0.4 is 0 Å². The van der Waals surface area contributed by atoms with Crippen molar-refractivity contribution in [2.75, 3.05) is 0 Å². The lowest BCUT2D eigenvalue weighted by atomic mass is 9.97. The van der Waals surface area contributed by atoms with Gasteiger partial charge in [0.15, 0.2) is 5.78 Å². The topological polar surface area (TPSA) is 88.5 Å². The fourth-order valence-corrected chi connectivity index (χ4v) is 5.19. The van der Waals surface area contributed by atoms with E-state index < -0.39 is 15.6 Å². The highest BCUT2D eigenvalue weighted by Crippen LogP contribution is 2.47. The van der Waals surface area contributed by atoms with Crippen molar-refractivity contribution >= 4 is 33.4 Å². The van der Waals surface area contributed by atoms with Gasteiger partial charge >= 0.3 is 15.6 Å². The van der Waals surface area contributed by atoms with Gasteiger partial charge in [0, 0.05) is 11.7 Å². The second kappa shape index (κ2) is 7.33. The first kappa shape index (κ1) is 19.7. The summed E-state index contributed by atoms with van der Waals surface area (Å²) in [5.74, 6) is 0.662. The molecule has 138 valence electrons. The second-order valence-electron chi connectivity index (χ2n) is 6.36. The molecule has 0 radical (unpaired) electrons. The van der Waals surface area contributed by atoms with E-state index in [1.807, 2.05) is 11.8 Å². The second-order valence-corrected chi connectivity index (χ2v) is 9.22. The lowest BCUT2D eigenvalue weighted by Gasteiger charge is -2.27. The van der Waals surface area contributed by atoms with Crippen molar-refractivity contribution in [1.29, 1.82) is 0 Å². The zero-order valence-corrected chi connectivity index (χ0v) is 14.4. The van der Waals surface area contributed by atoms with Gasteiger partial charge in [-0.1, -0.05) is 19.3 Å². The minimum atomic E-state index is -5.84. The smallest absolute Gasteiger partial charge is 0.299 e. The van der Waals surface area contributed by atoms with Crippen molar-refractivity contribution in [3.63, 3.8) is 0 Å². The lowest BCUT2D eigenvalue weighted by Crippen LogP contribution is -2.32. The highest BCUT2D eigenvalue weighted by Gasteiger charge is 2.52.